The SMILES string of the molecule is Cc1ccc(N=C(N)c2cc(C(F)(F)F)ccn2)cc1-c1cc(OCCO)nc(N2CCOCC2)c1. The third-order valence-corrected chi connectivity index (χ3v) is 5.60. The van der Waals surface area contributed by atoms with Crippen molar-refractivity contribution < 1.29 is 27.8 Å². The molecule has 1 aromatic carbocycles. The zero-order valence-electron chi connectivity index (χ0n) is 19.6. The summed E-state index contributed by atoms with van der Waals surface area (Å²) in [7, 11) is 0. The molecule has 3 heterocycles. The Kier molecular flexibility index (Phi) is 7.70. The van der Waals surface area contributed by atoms with Crippen LogP contribution in [0.2, 0.25) is 0 Å². The lowest BCUT2D eigenvalue weighted by molar-refractivity contribution is -0.137. The van der Waals surface area contributed by atoms with Gasteiger partial charge in [0.25, 0.3) is 0 Å². The molecule has 2 aromatic heterocycles. The van der Waals surface area contributed by atoms with Crippen LogP contribution in [0.1, 0.15) is 16.8 Å². The molecule has 3 aromatic rings. The smallest absolute Gasteiger partial charge is 0.416 e. The minimum atomic E-state index is -4.51. The summed E-state index contributed by atoms with van der Waals surface area (Å²) in [4.78, 5) is 14.9. The van der Waals surface area contributed by atoms with E-state index >= 15 is 0 Å². The van der Waals surface area contributed by atoms with Gasteiger partial charge in [0.05, 0.1) is 31.1 Å². The number of hydrogen-bond acceptors (Lipinski definition) is 7. The number of morpholine rings is 1. The quantitative estimate of drug-likeness (QED) is 0.376. The Hall–Kier alpha value is -3.70. The fourth-order valence-corrected chi connectivity index (χ4v) is 3.76. The van der Waals surface area contributed by atoms with E-state index in [0.29, 0.717) is 43.7 Å². The van der Waals surface area contributed by atoms with Crippen LogP contribution in [0.25, 0.3) is 11.1 Å². The number of amidine groups is 1. The lowest BCUT2D eigenvalue weighted by Crippen LogP contribution is -2.36. The standard InChI is InChI=1S/C25H26F3N5O3/c1-16-2-3-19(31-24(29)21-14-18(4-5-30-21)25(26,27)28)15-20(16)17-12-22(33-6-9-35-10-7-33)32-23(13-17)36-11-8-34/h2-5,12-15,34H,6-11H2,1H3,(H2,29,31). The van der Waals surface area contributed by atoms with Gasteiger partial charge in [-0.05, 0) is 53.9 Å². The molecular formula is C25H26F3N5O3. The summed E-state index contributed by atoms with van der Waals surface area (Å²) in [5.74, 6) is 0.945. The van der Waals surface area contributed by atoms with Crippen molar-refractivity contribution in [2.24, 2.45) is 10.7 Å². The van der Waals surface area contributed by atoms with Gasteiger partial charge in [-0.25, -0.2) is 4.99 Å². The second-order valence-corrected chi connectivity index (χ2v) is 8.15. The van der Waals surface area contributed by atoms with Gasteiger partial charge < -0.3 is 25.2 Å². The van der Waals surface area contributed by atoms with Crippen LogP contribution in [0.5, 0.6) is 5.88 Å². The van der Waals surface area contributed by atoms with Gasteiger partial charge in [0.1, 0.15) is 24.0 Å². The van der Waals surface area contributed by atoms with Crippen molar-refractivity contribution in [2.45, 2.75) is 13.1 Å². The molecule has 0 spiro atoms. The molecule has 8 nitrogen and oxygen atoms in total. The molecule has 11 heteroatoms. The number of halogens is 3. The van der Waals surface area contributed by atoms with Gasteiger partial charge in [-0.1, -0.05) is 6.07 Å². The predicted molar refractivity (Wildman–Crippen MR) is 130 cm³/mol. The first-order valence-corrected chi connectivity index (χ1v) is 11.3. The van der Waals surface area contributed by atoms with Crippen LogP contribution >= 0.6 is 0 Å². The summed E-state index contributed by atoms with van der Waals surface area (Å²) < 4.78 is 50.3. The number of pyridine rings is 2. The summed E-state index contributed by atoms with van der Waals surface area (Å²) in [6.45, 7) is 4.42. The maximum atomic E-state index is 13.1. The third kappa shape index (κ3) is 6.10. The number of aromatic nitrogens is 2. The zero-order valence-corrected chi connectivity index (χ0v) is 19.6. The summed E-state index contributed by atoms with van der Waals surface area (Å²) in [6.07, 6.45) is -3.45. The van der Waals surface area contributed by atoms with Crippen molar-refractivity contribution in [3.05, 3.63) is 65.5 Å². The Labute approximate surface area is 206 Å². The van der Waals surface area contributed by atoms with Crippen LogP contribution in [0, 0.1) is 6.92 Å². The predicted octanol–water partition coefficient (Wildman–Crippen LogP) is 3.72. The fraction of sp³-hybridized carbons (Fsp3) is 0.320. The largest absolute Gasteiger partial charge is 0.475 e. The van der Waals surface area contributed by atoms with E-state index in [-0.39, 0.29) is 24.7 Å². The Morgan fingerprint density at radius 2 is 1.94 bits per heavy atom. The van der Waals surface area contributed by atoms with Crippen LogP contribution in [0.4, 0.5) is 24.7 Å². The van der Waals surface area contributed by atoms with Gasteiger partial charge in [0.15, 0.2) is 0 Å². The topological polar surface area (TPSA) is 106 Å². The van der Waals surface area contributed by atoms with E-state index in [2.05, 4.69) is 19.9 Å². The number of rotatable bonds is 7. The van der Waals surface area contributed by atoms with Crippen molar-refractivity contribution in [1.82, 2.24) is 9.97 Å². The van der Waals surface area contributed by atoms with E-state index in [0.717, 1.165) is 35.0 Å². The molecular weight excluding hydrogens is 475 g/mol. The third-order valence-electron chi connectivity index (χ3n) is 5.60. The molecule has 1 saturated heterocycles. The Morgan fingerprint density at radius 1 is 1.17 bits per heavy atom. The van der Waals surface area contributed by atoms with Crippen molar-refractivity contribution in [3.63, 3.8) is 0 Å². The van der Waals surface area contributed by atoms with E-state index in [9.17, 15) is 18.3 Å². The highest BCUT2D eigenvalue weighted by molar-refractivity contribution is 5.97. The molecule has 0 amide bonds. The average Bonchev–Trinajstić information content (AvgIpc) is 2.88. The zero-order chi connectivity index (χ0) is 25.7. The molecule has 190 valence electrons. The molecule has 0 radical (unpaired) electrons. The fourth-order valence-electron chi connectivity index (χ4n) is 3.76. The number of nitrogens with two attached hydrogens (primary N) is 1. The van der Waals surface area contributed by atoms with E-state index < -0.39 is 11.7 Å². The average molecular weight is 502 g/mol. The summed E-state index contributed by atoms with van der Waals surface area (Å²) >= 11 is 0. The highest BCUT2D eigenvalue weighted by Gasteiger charge is 2.31. The first-order valence-electron chi connectivity index (χ1n) is 11.3. The van der Waals surface area contributed by atoms with Gasteiger partial charge in [-0.2, -0.15) is 18.2 Å². The lowest BCUT2D eigenvalue weighted by Gasteiger charge is -2.28. The molecule has 3 N–H and O–H groups in total. The molecule has 36 heavy (non-hydrogen) atoms. The Morgan fingerprint density at radius 3 is 2.67 bits per heavy atom. The van der Waals surface area contributed by atoms with Gasteiger partial charge in [-0.3, -0.25) is 4.98 Å². The number of aliphatic imine (C=N–C) groups is 1. The molecule has 1 aliphatic rings. The lowest BCUT2D eigenvalue weighted by atomic mass is 10.0. The van der Waals surface area contributed by atoms with Gasteiger partial charge in [0, 0.05) is 25.4 Å². The number of ether oxygens (including phenoxy) is 2. The Bertz CT molecular complexity index is 1240. The van der Waals surface area contributed by atoms with Crippen molar-refractivity contribution in [2.75, 3.05) is 44.4 Å². The number of hydrogen-bond donors (Lipinski definition) is 2. The minimum Gasteiger partial charge on any atom is -0.475 e. The summed E-state index contributed by atoms with van der Waals surface area (Å²) in [5, 5.41) is 9.18. The van der Waals surface area contributed by atoms with Crippen LogP contribution < -0.4 is 15.4 Å². The maximum absolute atomic E-state index is 13.1. The molecule has 0 atom stereocenters. The van der Waals surface area contributed by atoms with E-state index in [1.54, 1.807) is 18.2 Å². The van der Waals surface area contributed by atoms with Crippen LogP contribution in [0.15, 0.2) is 53.7 Å². The molecule has 4 rings (SSSR count). The number of anilines is 1. The molecule has 1 aliphatic heterocycles. The number of aliphatic hydroxyl groups excluding tert-OH is 1. The van der Waals surface area contributed by atoms with E-state index in [4.69, 9.17) is 15.2 Å². The normalized spacial score (nSPS) is 14.7. The summed E-state index contributed by atoms with van der Waals surface area (Å²) in [5.41, 5.74) is 8.13. The molecule has 0 unspecified atom stereocenters. The Balaban J connectivity index is 1.71. The number of nitrogens with zero attached hydrogens (tertiary/aromatic N) is 4. The molecule has 0 aliphatic carbocycles. The van der Waals surface area contributed by atoms with Crippen molar-refractivity contribution >= 4 is 17.3 Å². The van der Waals surface area contributed by atoms with Crippen molar-refractivity contribution in [3.8, 4) is 17.0 Å². The number of aryl methyl sites for hydroxylation is 1. The molecule has 1 fully saturated rings. The van der Waals surface area contributed by atoms with Crippen LogP contribution in [0.3, 0.4) is 0 Å². The van der Waals surface area contributed by atoms with Crippen LogP contribution in [-0.4, -0.2) is 60.4 Å². The number of benzene rings is 1. The highest BCUT2D eigenvalue weighted by Crippen LogP contribution is 2.33. The second-order valence-electron chi connectivity index (χ2n) is 8.15. The molecule has 0 bridgehead atoms. The highest BCUT2D eigenvalue weighted by atomic mass is 19.4. The van der Waals surface area contributed by atoms with Crippen molar-refractivity contribution in [1.29, 1.82) is 0 Å². The second kappa shape index (κ2) is 10.9. The van der Waals surface area contributed by atoms with Gasteiger partial charge in [-0.15, -0.1) is 0 Å². The van der Waals surface area contributed by atoms with Gasteiger partial charge in [0.2, 0.25) is 5.88 Å². The van der Waals surface area contributed by atoms with E-state index in [1.807, 2.05) is 19.1 Å². The first kappa shape index (κ1) is 25.4. The maximum Gasteiger partial charge on any atom is 0.416 e. The van der Waals surface area contributed by atoms with Gasteiger partial charge >= 0.3 is 6.18 Å². The molecule has 0 saturated carbocycles. The minimum absolute atomic E-state index is 0.0647. The van der Waals surface area contributed by atoms with Crippen LogP contribution in [-0.2, 0) is 10.9 Å². The summed E-state index contributed by atoms with van der Waals surface area (Å²) in [6, 6.07) is 10.8. The van der Waals surface area contributed by atoms with E-state index in [1.165, 1.54) is 0 Å². The monoisotopic (exact) mass is 501 g/mol. The number of alkyl halides is 3. The number of aliphatic hydroxyl groups is 1. The first-order chi connectivity index (χ1) is 17.2.